The van der Waals surface area contributed by atoms with Gasteiger partial charge in [0.15, 0.2) is 5.78 Å². The van der Waals surface area contributed by atoms with Gasteiger partial charge in [0.25, 0.3) is 0 Å². The van der Waals surface area contributed by atoms with E-state index in [4.69, 9.17) is 19.9 Å². The number of hydrogen-bond acceptors (Lipinski definition) is 9. The standard InChI is InChI=1S/C35H45FN4O5/c1-43-35(42)27-9-10-31(32(21-27)39-22-29-14-19-45-29)38-15-11-24-12-16-40(17-13-24)33(37)4-2-3-18-44-23-28-8-7-26(20-30(28)36)34(41)25-5-6-25/h2-4,7-10,20-21,24-25,29,38-39H,5-6,11-19,22-23,37H2,1H3/b3-2-,33-4+. The Bertz CT molecular complexity index is 1380. The predicted molar refractivity (Wildman–Crippen MR) is 173 cm³/mol. The maximum atomic E-state index is 14.4. The maximum absolute atomic E-state index is 14.4. The molecule has 4 N–H and O–H groups in total. The van der Waals surface area contributed by atoms with Crippen molar-refractivity contribution in [3.63, 3.8) is 0 Å². The fourth-order valence-electron chi connectivity index (χ4n) is 5.61. The number of nitrogens with two attached hydrogens (primary N) is 1. The van der Waals surface area contributed by atoms with Gasteiger partial charge in [-0.25, -0.2) is 9.18 Å². The number of benzene rings is 2. The van der Waals surface area contributed by atoms with Gasteiger partial charge < -0.3 is 35.5 Å². The molecule has 2 aliphatic heterocycles. The summed E-state index contributed by atoms with van der Waals surface area (Å²) in [5, 5.41) is 6.98. The highest BCUT2D eigenvalue weighted by atomic mass is 19.1. The molecule has 1 unspecified atom stereocenters. The number of ether oxygens (including phenoxy) is 3. The molecule has 5 rings (SSSR count). The SMILES string of the molecule is COC(=O)c1ccc(NCCC2CCN(/C(N)=C/C=C\COCc3ccc(C(=O)C4CC4)cc3F)CC2)c(NCC2CCO2)c1. The largest absolute Gasteiger partial charge is 0.465 e. The number of carbonyl (C=O) groups is 2. The second kappa shape index (κ2) is 15.9. The van der Waals surface area contributed by atoms with Crippen LogP contribution in [-0.4, -0.2) is 69.3 Å². The lowest BCUT2D eigenvalue weighted by molar-refractivity contribution is -0.0410. The minimum absolute atomic E-state index is 0.0352. The number of methoxy groups -OCH3 is 1. The number of halogens is 1. The lowest BCUT2D eigenvalue weighted by Crippen LogP contribution is -2.36. The smallest absolute Gasteiger partial charge is 0.337 e. The molecule has 2 heterocycles. The zero-order valence-electron chi connectivity index (χ0n) is 26.1. The van der Waals surface area contributed by atoms with Crippen LogP contribution >= 0.6 is 0 Å². The molecule has 3 aliphatic rings. The quantitative estimate of drug-likeness (QED) is 0.0970. The topological polar surface area (TPSA) is 115 Å². The molecule has 2 saturated heterocycles. The molecule has 0 spiro atoms. The van der Waals surface area contributed by atoms with E-state index in [9.17, 15) is 14.0 Å². The van der Waals surface area contributed by atoms with Crippen molar-refractivity contribution < 1.29 is 28.2 Å². The lowest BCUT2D eigenvalue weighted by Gasteiger charge is -2.33. The number of esters is 1. The van der Waals surface area contributed by atoms with E-state index in [1.165, 1.54) is 13.2 Å². The second-order valence-electron chi connectivity index (χ2n) is 12.0. The van der Waals surface area contributed by atoms with Gasteiger partial charge in [-0.05, 0) is 74.8 Å². The van der Waals surface area contributed by atoms with Crippen LogP contribution in [0.25, 0.3) is 0 Å². The molecule has 10 heteroatoms. The Morgan fingerprint density at radius 1 is 1.04 bits per heavy atom. The van der Waals surface area contributed by atoms with Crippen LogP contribution in [0, 0.1) is 17.7 Å². The Labute approximate surface area is 265 Å². The Morgan fingerprint density at radius 2 is 1.82 bits per heavy atom. The first kappa shape index (κ1) is 32.5. The van der Waals surface area contributed by atoms with E-state index in [0.29, 0.717) is 35.8 Å². The third kappa shape index (κ3) is 9.31. The highest BCUT2D eigenvalue weighted by molar-refractivity contribution is 5.99. The first-order valence-corrected chi connectivity index (χ1v) is 16.0. The first-order chi connectivity index (χ1) is 21.9. The van der Waals surface area contributed by atoms with E-state index < -0.39 is 5.82 Å². The number of carbonyl (C=O) groups excluding carboxylic acids is 2. The summed E-state index contributed by atoms with van der Waals surface area (Å²) in [6.45, 7) is 4.61. The van der Waals surface area contributed by atoms with Crippen molar-refractivity contribution in [1.29, 1.82) is 0 Å². The van der Waals surface area contributed by atoms with Crippen LogP contribution in [0.3, 0.4) is 0 Å². The molecular weight excluding hydrogens is 575 g/mol. The van der Waals surface area contributed by atoms with Gasteiger partial charge in [0.2, 0.25) is 0 Å². The Morgan fingerprint density at radius 3 is 2.51 bits per heavy atom. The molecular formula is C35H45FN4O5. The average Bonchev–Trinajstić information content (AvgIpc) is 3.88. The summed E-state index contributed by atoms with van der Waals surface area (Å²) < 4.78 is 30.4. The number of rotatable bonds is 16. The van der Waals surface area contributed by atoms with Gasteiger partial charge in [0, 0.05) is 49.8 Å². The van der Waals surface area contributed by atoms with Gasteiger partial charge in [-0.3, -0.25) is 4.79 Å². The van der Waals surface area contributed by atoms with Crippen LogP contribution < -0.4 is 16.4 Å². The molecule has 9 nitrogen and oxygen atoms in total. The number of anilines is 2. The number of likely N-dealkylation sites (tertiary alicyclic amines) is 1. The first-order valence-electron chi connectivity index (χ1n) is 16.0. The van der Waals surface area contributed by atoms with Gasteiger partial charge >= 0.3 is 5.97 Å². The molecule has 2 aromatic carbocycles. The van der Waals surface area contributed by atoms with Crippen LogP contribution in [-0.2, 0) is 20.8 Å². The summed E-state index contributed by atoms with van der Waals surface area (Å²) >= 11 is 0. The summed E-state index contributed by atoms with van der Waals surface area (Å²) in [6, 6.07) is 10.2. The zero-order valence-corrected chi connectivity index (χ0v) is 26.1. The van der Waals surface area contributed by atoms with Crippen LogP contribution in [0.5, 0.6) is 0 Å². The predicted octanol–water partition coefficient (Wildman–Crippen LogP) is 5.49. The maximum Gasteiger partial charge on any atom is 0.337 e. The average molecular weight is 621 g/mol. The third-order valence-corrected chi connectivity index (χ3v) is 8.76. The summed E-state index contributed by atoms with van der Waals surface area (Å²) in [6.07, 6.45) is 11.8. The number of nitrogens with one attached hydrogen (secondary N) is 2. The molecule has 1 aliphatic carbocycles. The normalized spacial score (nSPS) is 18.9. The zero-order chi connectivity index (χ0) is 31.6. The van der Waals surface area contributed by atoms with Crippen LogP contribution in [0.15, 0.2) is 60.4 Å². The monoisotopic (exact) mass is 620 g/mol. The number of allylic oxidation sites excluding steroid dienone is 2. The van der Waals surface area contributed by atoms with Crippen molar-refractivity contribution in [2.45, 2.75) is 51.2 Å². The van der Waals surface area contributed by atoms with E-state index in [0.717, 1.165) is 82.0 Å². The summed E-state index contributed by atoms with van der Waals surface area (Å²) in [5.74, 6) is 0.673. The van der Waals surface area contributed by atoms with Crippen molar-refractivity contribution >= 4 is 23.1 Å². The minimum Gasteiger partial charge on any atom is -0.465 e. The van der Waals surface area contributed by atoms with E-state index in [2.05, 4.69) is 15.5 Å². The highest BCUT2D eigenvalue weighted by Gasteiger charge is 2.30. The van der Waals surface area contributed by atoms with Crippen molar-refractivity contribution in [2.24, 2.45) is 17.6 Å². The summed E-state index contributed by atoms with van der Waals surface area (Å²) in [7, 11) is 1.39. The van der Waals surface area contributed by atoms with Crippen molar-refractivity contribution in [1.82, 2.24) is 4.90 Å². The number of ketones is 1. The number of Topliss-reactive ketones (excluding diaryl/α,β-unsaturated/α-hetero) is 1. The van der Waals surface area contributed by atoms with E-state index in [1.807, 2.05) is 30.4 Å². The van der Waals surface area contributed by atoms with Crippen molar-refractivity contribution in [2.75, 3.05) is 57.1 Å². The molecule has 0 amide bonds. The Hall–Kier alpha value is -3.89. The number of nitrogens with zero attached hydrogens (tertiary/aromatic N) is 1. The van der Waals surface area contributed by atoms with Crippen molar-refractivity contribution in [3.8, 4) is 0 Å². The summed E-state index contributed by atoms with van der Waals surface area (Å²) in [5.41, 5.74) is 9.58. The molecule has 0 bridgehead atoms. The van der Waals surface area contributed by atoms with Crippen LogP contribution in [0.4, 0.5) is 15.8 Å². The van der Waals surface area contributed by atoms with Gasteiger partial charge in [0.1, 0.15) is 5.82 Å². The van der Waals surface area contributed by atoms with E-state index in [1.54, 1.807) is 18.2 Å². The Balaban J connectivity index is 0.996. The summed E-state index contributed by atoms with van der Waals surface area (Å²) in [4.78, 5) is 26.4. The molecule has 45 heavy (non-hydrogen) atoms. The molecule has 1 atom stereocenters. The highest BCUT2D eigenvalue weighted by Crippen LogP contribution is 2.33. The lowest BCUT2D eigenvalue weighted by atomic mass is 9.93. The number of hydrogen-bond donors (Lipinski definition) is 3. The van der Waals surface area contributed by atoms with E-state index in [-0.39, 0.29) is 30.4 Å². The Kier molecular flexibility index (Phi) is 11.5. The third-order valence-electron chi connectivity index (χ3n) is 8.76. The van der Waals surface area contributed by atoms with E-state index >= 15 is 0 Å². The van der Waals surface area contributed by atoms with Gasteiger partial charge in [0.05, 0.1) is 49.2 Å². The van der Waals surface area contributed by atoms with Gasteiger partial charge in [-0.15, -0.1) is 0 Å². The van der Waals surface area contributed by atoms with Crippen molar-refractivity contribution in [3.05, 3.63) is 83.0 Å². The minimum atomic E-state index is -0.403. The van der Waals surface area contributed by atoms with Gasteiger partial charge in [-0.1, -0.05) is 24.3 Å². The molecule has 242 valence electrons. The molecule has 3 fully saturated rings. The van der Waals surface area contributed by atoms with Gasteiger partial charge in [-0.2, -0.15) is 0 Å². The molecule has 1 saturated carbocycles. The molecule has 2 aromatic rings. The van der Waals surface area contributed by atoms with Crippen LogP contribution in [0.1, 0.15) is 64.8 Å². The molecule has 0 aromatic heterocycles. The second-order valence-corrected chi connectivity index (χ2v) is 12.0. The fourth-order valence-corrected chi connectivity index (χ4v) is 5.61. The molecule has 0 radical (unpaired) electrons. The fraction of sp³-hybridized carbons (Fsp3) is 0.486. The van der Waals surface area contributed by atoms with Crippen LogP contribution in [0.2, 0.25) is 0 Å². The number of piperidine rings is 1.